The number of hydrogen-bond acceptors (Lipinski definition) is 5. The van der Waals surface area contributed by atoms with E-state index in [1.807, 2.05) is 0 Å². The minimum absolute atomic E-state index is 0.0389. The first kappa shape index (κ1) is 23.5. The molecule has 0 amide bonds. The lowest BCUT2D eigenvalue weighted by atomic mass is 10.3. The van der Waals surface area contributed by atoms with Crippen LogP contribution >= 0.6 is 23.4 Å². The molecule has 30 heavy (non-hydrogen) atoms. The molecule has 0 spiro atoms. The third-order valence-electron chi connectivity index (χ3n) is 3.77. The van der Waals surface area contributed by atoms with Crippen molar-refractivity contribution in [1.82, 2.24) is 9.13 Å². The number of thioether (sulfide) groups is 1. The number of nitrogens with zero attached hydrogens (tertiary/aromatic N) is 2. The largest absolute Gasteiger partial charge is 0.500 e. The highest BCUT2D eigenvalue weighted by Gasteiger charge is 2.35. The summed E-state index contributed by atoms with van der Waals surface area (Å²) in [6.45, 7) is 0. The van der Waals surface area contributed by atoms with Gasteiger partial charge in [-0.3, -0.25) is 9.36 Å². The predicted molar refractivity (Wildman–Crippen MR) is 101 cm³/mol. The zero-order valence-corrected chi connectivity index (χ0v) is 16.9. The number of alkyl halides is 3. The molecule has 1 heterocycles. The smallest absolute Gasteiger partial charge is 0.431 e. The van der Waals surface area contributed by atoms with Crippen molar-refractivity contribution in [1.29, 1.82) is 0 Å². The molecule has 13 heteroatoms. The zero-order chi connectivity index (χ0) is 22.8. The molecule has 0 fully saturated rings. The van der Waals surface area contributed by atoms with E-state index < -0.39 is 40.6 Å². The Morgan fingerprint density at radius 3 is 2.47 bits per heavy atom. The third-order valence-corrected chi connectivity index (χ3v) is 5.27. The van der Waals surface area contributed by atoms with Crippen LogP contribution < -0.4 is 11.2 Å². The fourth-order valence-electron chi connectivity index (χ4n) is 2.37. The fourth-order valence-corrected chi connectivity index (χ4v) is 3.57. The van der Waals surface area contributed by atoms with Crippen molar-refractivity contribution in [3.8, 4) is 5.69 Å². The number of methoxy groups -OCH3 is 1. The maximum Gasteiger partial charge on any atom is 0.431 e. The molecule has 0 atom stereocenters. The van der Waals surface area contributed by atoms with E-state index in [2.05, 4.69) is 0 Å². The Balaban J connectivity index is 2.58. The van der Waals surface area contributed by atoms with Gasteiger partial charge in [0.25, 0.3) is 5.56 Å². The Kier molecular flexibility index (Phi) is 7.03. The Morgan fingerprint density at radius 1 is 1.30 bits per heavy atom. The van der Waals surface area contributed by atoms with Crippen molar-refractivity contribution in [3.63, 3.8) is 0 Å². The van der Waals surface area contributed by atoms with E-state index in [9.17, 15) is 31.9 Å². The zero-order valence-electron chi connectivity index (χ0n) is 15.3. The van der Waals surface area contributed by atoms with Crippen molar-refractivity contribution >= 4 is 29.3 Å². The second-order valence-electron chi connectivity index (χ2n) is 5.72. The van der Waals surface area contributed by atoms with Crippen LogP contribution in [0.1, 0.15) is 5.69 Å². The van der Waals surface area contributed by atoms with Gasteiger partial charge in [-0.25, -0.2) is 18.5 Å². The molecular weight excluding hydrogens is 456 g/mol. The van der Waals surface area contributed by atoms with Crippen molar-refractivity contribution in [2.24, 2.45) is 7.05 Å². The van der Waals surface area contributed by atoms with Gasteiger partial charge in [0.15, 0.2) is 0 Å². The lowest BCUT2D eigenvalue weighted by Gasteiger charge is -2.15. The lowest BCUT2D eigenvalue weighted by molar-refractivity contribution is -0.144. The number of aromatic nitrogens is 2. The molecule has 1 aromatic carbocycles. The number of ether oxygens (including phenoxy) is 1. The van der Waals surface area contributed by atoms with Gasteiger partial charge >= 0.3 is 17.8 Å². The van der Waals surface area contributed by atoms with Crippen LogP contribution in [0.15, 0.2) is 44.5 Å². The van der Waals surface area contributed by atoms with E-state index >= 15 is 0 Å². The van der Waals surface area contributed by atoms with E-state index in [4.69, 9.17) is 21.4 Å². The Bertz CT molecular complexity index is 1140. The predicted octanol–water partition coefficient (Wildman–Crippen LogP) is 3.05. The summed E-state index contributed by atoms with van der Waals surface area (Å²) in [7, 11) is 2.03. The summed E-state index contributed by atoms with van der Waals surface area (Å²) < 4.78 is 58.7. The summed E-state index contributed by atoms with van der Waals surface area (Å²) in [5.74, 6) is -2.39. The maximum atomic E-state index is 14.4. The summed E-state index contributed by atoms with van der Waals surface area (Å²) in [6, 6.07) is 1.98. The molecule has 0 unspecified atom stereocenters. The van der Waals surface area contributed by atoms with Crippen LogP contribution in [0.3, 0.4) is 0 Å². The maximum absolute atomic E-state index is 14.4. The number of halogens is 5. The quantitative estimate of drug-likeness (QED) is 0.303. The van der Waals surface area contributed by atoms with Gasteiger partial charge in [-0.15, -0.1) is 11.8 Å². The number of carboxylic acids is 1. The number of carboxylic acid groups (broad SMARTS) is 1. The number of rotatable bonds is 6. The van der Waals surface area contributed by atoms with Crippen LogP contribution in [0.2, 0.25) is 5.02 Å². The molecule has 0 aliphatic carbocycles. The second kappa shape index (κ2) is 8.96. The lowest BCUT2D eigenvalue weighted by Crippen LogP contribution is -2.41. The molecule has 2 aromatic rings. The van der Waals surface area contributed by atoms with Gasteiger partial charge in [-0.2, -0.15) is 13.2 Å². The van der Waals surface area contributed by atoms with Gasteiger partial charge in [0.1, 0.15) is 17.3 Å². The van der Waals surface area contributed by atoms with Crippen molar-refractivity contribution < 1.29 is 32.2 Å². The van der Waals surface area contributed by atoms with Crippen molar-refractivity contribution in [2.75, 3.05) is 12.9 Å². The monoisotopic (exact) mass is 468 g/mol. The highest BCUT2D eigenvalue weighted by atomic mass is 35.5. The van der Waals surface area contributed by atoms with Gasteiger partial charge in [0, 0.05) is 18.0 Å². The first-order valence-electron chi connectivity index (χ1n) is 7.86. The van der Waals surface area contributed by atoms with Crippen molar-refractivity contribution in [2.45, 2.75) is 11.1 Å². The van der Waals surface area contributed by atoms with Gasteiger partial charge in [0.05, 0.1) is 29.6 Å². The van der Waals surface area contributed by atoms with E-state index in [0.717, 1.165) is 37.0 Å². The highest BCUT2D eigenvalue weighted by molar-refractivity contribution is 7.99. The molecule has 1 aromatic heterocycles. The number of benzene rings is 1. The Hall–Kier alpha value is -2.73. The molecule has 0 saturated carbocycles. The molecular formula is C17H13ClF4N2O5S. The molecule has 0 aliphatic heterocycles. The summed E-state index contributed by atoms with van der Waals surface area (Å²) >= 11 is 6.86. The number of aliphatic carboxylic acids is 1. The van der Waals surface area contributed by atoms with E-state index in [1.54, 1.807) is 0 Å². The standard InChI is InChI=1S/C17H13ClF4N2O5S/c1-23-13(17(20,21)22)6-14(25)24(16(23)28)11-5-12(9(18)4-10(11)19)30-7-8(29-2)3-15(26)27/h3-6H,7H2,1-2H3,(H,26,27). The molecule has 2 rings (SSSR count). The van der Waals surface area contributed by atoms with Crippen LogP contribution in [0.5, 0.6) is 0 Å². The minimum atomic E-state index is -4.96. The van der Waals surface area contributed by atoms with E-state index in [0.29, 0.717) is 0 Å². The average Bonchev–Trinajstić information content (AvgIpc) is 2.63. The Morgan fingerprint density at radius 2 is 1.93 bits per heavy atom. The molecule has 0 aliphatic rings. The van der Waals surface area contributed by atoms with Crippen LogP contribution in [-0.4, -0.2) is 33.1 Å². The molecule has 0 saturated heterocycles. The fraction of sp³-hybridized carbons (Fsp3) is 0.235. The van der Waals surface area contributed by atoms with Crippen LogP contribution in [0.25, 0.3) is 5.69 Å². The molecule has 0 radical (unpaired) electrons. The van der Waals surface area contributed by atoms with Gasteiger partial charge in [0.2, 0.25) is 0 Å². The minimum Gasteiger partial charge on any atom is -0.500 e. The van der Waals surface area contributed by atoms with E-state index in [1.165, 1.54) is 7.11 Å². The van der Waals surface area contributed by atoms with Gasteiger partial charge < -0.3 is 9.84 Å². The van der Waals surface area contributed by atoms with Crippen LogP contribution in [0.4, 0.5) is 17.6 Å². The summed E-state index contributed by atoms with van der Waals surface area (Å²) in [5, 5.41) is 8.64. The molecule has 7 nitrogen and oxygen atoms in total. The average molecular weight is 469 g/mol. The highest BCUT2D eigenvalue weighted by Crippen LogP contribution is 2.32. The first-order chi connectivity index (χ1) is 13.9. The number of hydrogen-bond donors (Lipinski definition) is 1. The SMILES string of the molecule is COC(=CC(=O)O)CSc1cc(-n2c(=O)cc(C(F)(F)F)n(C)c2=O)c(F)cc1Cl. The molecule has 1 N–H and O–H groups in total. The van der Waals surface area contributed by atoms with Gasteiger partial charge in [-0.05, 0) is 12.1 Å². The molecule has 0 bridgehead atoms. The summed E-state index contributed by atoms with van der Waals surface area (Å²) in [6.07, 6.45) is -4.17. The van der Waals surface area contributed by atoms with E-state index in [-0.39, 0.29) is 36.6 Å². The summed E-state index contributed by atoms with van der Waals surface area (Å²) in [4.78, 5) is 35.4. The van der Waals surface area contributed by atoms with Crippen LogP contribution in [-0.2, 0) is 22.8 Å². The number of carbonyl (C=O) groups is 1. The normalized spacial score (nSPS) is 12.2. The second-order valence-corrected chi connectivity index (χ2v) is 7.14. The van der Waals surface area contributed by atoms with Crippen molar-refractivity contribution in [3.05, 3.63) is 67.4 Å². The van der Waals surface area contributed by atoms with Crippen LogP contribution in [0, 0.1) is 5.82 Å². The molecule has 162 valence electrons. The first-order valence-corrected chi connectivity index (χ1v) is 9.23. The topological polar surface area (TPSA) is 90.5 Å². The Labute approximate surface area is 175 Å². The van der Waals surface area contributed by atoms with Gasteiger partial charge in [-0.1, -0.05) is 11.6 Å². The third kappa shape index (κ3) is 5.05. The summed E-state index contributed by atoms with van der Waals surface area (Å²) in [5.41, 5.74) is -4.88.